The first kappa shape index (κ1) is 21.3. The fraction of sp³-hybridized carbons (Fsp3) is 0.591. The van der Waals surface area contributed by atoms with E-state index in [-0.39, 0.29) is 5.91 Å². The molecular weight excluding hydrogens is 368 g/mol. The number of unbranched alkanes of at least 4 members (excludes halogenated alkanes) is 1. The molecule has 0 aliphatic carbocycles. The van der Waals surface area contributed by atoms with Crippen LogP contribution in [0.25, 0.3) is 11.4 Å². The number of nitrogens with zero attached hydrogens (tertiary/aromatic N) is 3. The van der Waals surface area contributed by atoms with Crippen molar-refractivity contribution >= 4 is 5.91 Å². The molecule has 1 unspecified atom stereocenters. The van der Waals surface area contributed by atoms with Gasteiger partial charge in [0.05, 0.1) is 7.11 Å². The maximum Gasteiger partial charge on any atom is 0.227 e. The second-order valence-corrected chi connectivity index (χ2v) is 7.85. The molecule has 3 rings (SSSR count). The number of carbonyl (C=O) groups is 1. The molecule has 1 fully saturated rings. The summed E-state index contributed by atoms with van der Waals surface area (Å²) in [6, 6.07) is 7.46. The summed E-state index contributed by atoms with van der Waals surface area (Å²) in [6.07, 6.45) is 5.61. The fourth-order valence-electron chi connectivity index (χ4n) is 3.70. The van der Waals surface area contributed by atoms with Crippen LogP contribution in [0, 0.1) is 5.92 Å². The van der Waals surface area contributed by atoms with Gasteiger partial charge in [0, 0.05) is 31.5 Å². The van der Waals surface area contributed by atoms with Gasteiger partial charge in [0.1, 0.15) is 5.75 Å². The van der Waals surface area contributed by atoms with Crippen LogP contribution in [0.2, 0.25) is 0 Å². The van der Waals surface area contributed by atoms with Gasteiger partial charge in [0.15, 0.2) is 0 Å². The molecule has 2 heterocycles. The van der Waals surface area contributed by atoms with Gasteiger partial charge in [-0.05, 0) is 69.0 Å². The Morgan fingerprint density at radius 2 is 2.14 bits per heavy atom. The summed E-state index contributed by atoms with van der Waals surface area (Å²) in [5.74, 6) is 2.62. The average Bonchev–Trinajstić information content (AvgIpc) is 3.21. The Balaban J connectivity index is 1.31. The molecule has 29 heavy (non-hydrogen) atoms. The summed E-state index contributed by atoms with van der Waals surface area (Å²) in [7, 11) is 1.63. The molecule has 7 heteroatoms. The Kier molecular flexibility index (Phi) is 8.04. The number of ether oxygens (including phenoxy) is 1. The van der Waals surface area contributed by atoms with Crippen LogP contribution in [-0.2, 0) is 11.2 Å². The highest BCUT2D eigenvalue weighted by Gasteiger charge is 2.15. The van der Waals surface area contributed by atoms with Crippen LogP contribution in [0.3, 0.4) is 0 Å². The summed E-state index contributed by atoms with van der Waals surface area (Å²) in [4.78, 5) is 19.0. The van der Waals surface area contributed by atoms with Crippen LogP contribution in [-0.4, -0.2) is 54.2 Å². The third kappa shape index (κ3) is 6.85. The van der Waals surface area contributed by atoms with E-state index in [1.165, 1.54) is 25.9 Å². The van der Waals surface area contributed by atoms with Gasteiger partial charge >= 0.3 is 0 Å². The second-order valence-electron chi connectivity index (χ2n) is 7.85. The van der Waals surface area contributed by atoms with Gasteiger partial charge in [0.2, 0.25) is 17.6 Å². The Bertz CT molecular complexity index is 760. The van der Waals surface area contributed by atoms with E-state index in [4.69, 9.17) is 9.26 Å². The minimum atomic E-state index is 0.0285. The van der Waals surface area contributed by atoms with E-state index in [0.717, 1.165) is 43.2 Å². The van der Waals surface area contributed by atoms with Gasteiger partial charge in [0.25, 0.3) is 0 Å². The van der Waals surface area contributed by atoms with Crippen LogP contribution in [0.5, 0.6) is 5.75 Å². The molecule has 1 aliphatic heterocycles. The minimum Gasteiger partial charge on any atom is -0.497 e. The number of aryl methyl sites for hydroxylation is 1. The molecule has 7 nitrogen and oxygen atoms in total. The first-order valence-corrected chi connectivity index (χ1v) is 10.6. The van der Waals surface area contributed by atoms with E-state index in [1.54, 1.807) is 7.11 Å². The first-order chi connectivity index (χ1) is 14.1. The molecule has 1 aromatic carbocycles. The SMILES string of the molecule is COc1ccc(-c2noc(CCC(=O)NCCCCN3CCCC(C)C3)n2)cc1. The lowest BCUT2D eigenvalue weighted by Gasteiger charge is -2.30. The predicted molar refractivity (Wildman–Crippen MR) is 112 cm³/mol. The minimum absolute atomic E-state index is 0.0285. The molecule has 0 radical (unpaired) electrons. The highest BCUT2D eigenvalue weighted by atomic mass is 16.5. The topological polar surface area (TPSA) is 80.5 Å². The summed E-state index contributed by atoms with van der Waals surface area (Å²) in [5, 5.41) is 6.98. The summed E-state index contributed by atoms with van der Waals surface area (Å²) in [5.41, 5.74) is 0.855. The summed E-state index contributed by atoms with van der Waals surface area (Å²) in [6.45, 7) is 6.63. The Morgan fingerprint density at radius 1 is 1.31 bits per heavy atom. The molecule has 0 spiro atoms. The zero-order chi connectivity index (χ0) is 20.5. The monoisotopic (exact) mass is 400 g/mol. The van der Waals surface area contributed by atoms with Crippen LogP contribution in [0.4, 0.5) is 0 Å². The Hall–Kier alpha value is -2.41. The van der Waals surface area contributed by atoms with E-state index >= 15 is 0 Å². The third-order valence-electron chi connectivity index (χ3n) is 5.35. The maximum absolute atomic E-state index is 12.0. The van der Waals surface area contributed by atoms with Gasteiger partial charge in [-0.1, -0.05) is 12.1 Å². The van der Waals surface area contributed by atoms with Crippen molar-refractivity contribution in [1.82, 2.24) is 20.4 Å². The number of benzene rings is 1. The molecule has 1 aliphatic rings. The zero-order valence-corrected chi connectivity index (χ0v) is 17.5. The number of carbonyl (C=O) groups excluding carboxylic acids is 1. The number of piperidine rings is 1. The molecule has 1 saturated heterocycles. The molecule has 0 bridgehead atoms. The van der Waals surface area contributed by atoms with E-state index in [9.17, 15) is 4.79 Å². The normalized spacial score (nSPS) is 17.2. The van der Waals surface area contributed by atoms with Crippen LogP contribution in [0.1, 0.15) is 44.9 Å². The quantitative estimate of drug-likeness (QED) is 0.617. The number of amides is 1. The second kappa shape index (κ2) is 11.0. The number of hydrogen-bond acceptors (Lipinski definition) is 6. The predicted octanol–water partition coefficient (Wildman–Crippen LogP) is 3.31. The lowest BCUT2D eigenvalue weighted by Crippen LogP contribution is -2.35. The van der Waals surface area contributed by atoms with Crippen LogP contribution >= 0.6 is 0 Å². The summed E-state index contributed by atoms with van der Waals surface area (Å²) >= 11 is 0. The molecule has 0 saturated carbocycles. The molecule has 158 valence electrons. The van der Waals surface area contributed by atoms with Crippen molar-refractivity contribution in [3.8, 4) is 17.1 Å². The van der Waals surface area contributed by atoms with Gasteiger partial charge in [-0.3, -0.25) is 4.79 Å². The molecule has 1 atom stereocenters. The highest BCUT2D eigenvalue weighted by Crippen LogP contribution is 2.20. The largest absolute Gasteiger partial charge is 0.497 e. The number of aromatic nitrogens is 2. The Morgan fingerprint density at radius 3 is 2.90 bits per heavy atom. The summed E-state index contributed by atoms with van der Waals surface area (Å²) < 4.78 is 10.4. The van der Waals surface area contributed by atoms with E-state index < -0.39 is 0 Å². The number of hydrogen-bond donors (Lipinski definition) is 1. The number of methoxy groups -OCH3 is 1. The van der Waals surface area contributed by atoms with E-state index in [0.29, 0.717) is 24.6 Å². The maximum atomic E-state index is 12.0. The van der Waals surface area contributed by atoms with Crippen LogP contribution in [0.15, 0.2) is 28.8 Å². The smallest absolute Gasteiger partial charge is 0.227 e. The molecule has 2 aromatic rings. The van der Waals surface area contributed by atoms with Crippen molar-refractivity contribution in [2.75, 3.05) is 33.3 Å². The number of nitrogens with one attached hydrogen (secondary N) is 1. The van der Waals surface area contributed by atoms with Crippen molar-refractivity contribution in [1.29, 1.82) is 0 Å². The van der Waals surface area contributed by atoms with Crippen molar-refractivity contribution in [2.45, 2.75) is 45.4 Å². The highest BCUT2D eigenvalue weighted by molar-refractivity contribution is 5.75. The van der Waals surface area contributed by atoms with E-state index in [1.807, 2.05) is 24.3 Å². The lowest BCUT2D eigenvalue weighted by atomic mass is 10.0. The fourth-order valence-corrected chi connectivity index (χ4v) is 3.70. The lowest BCUT2D eigenvalue weighted by molar-refractivity contribution is -0.121. The molecular formula is C22H32N4O3. The number of rotatable bonds is 10. The molecule has 1 aromatic heterocycles. The van der Waals surface area contributed by atoms with Crippen molar-refractivity contribution < 1.29 is 14.1 Å². The van der Waals surface area contributed by atoms with Crippen molar-refractivity contribution in [3.05, 3.63) is 30.2 Å². The van der Waals surface area contributed by atoms with Gasteiger partial charge in [-0.25, -0.2) is 0 Å². The van der Waals surface area contributed by atoms with E-state index in [2.05, 4.69) is 27.3 Å². The zero-order valence-electron chi connectivity index (χ0n) is 17.5. The van der Waals surface area contributed by atoms with Gasteiger partial charge < -0.3 is 19.5 Å². The van der Waals surface area contributed by atoms with Gasteiger partial charge in [-0.2, -0.15) is 4.98 Å². The molecule has 1 N–H and O–H groups in total. The van der Waals surface area contributed by atoms with Crippen LogP contribution < -0.4 is 10.1 Å². The average molecular weight is 401 g/mol. The first-order valence-electron chi connectivity index (χ1n) is 10.6. The number of likely N-dealkylation sites (tertiary alicyclic amines) is 1. The standard InChI is InChI=1S/C22H32N4O3/c1-17-6-5-15-26(16-17)14-4-3-13-23-20(27)11-12-21-24-22(25-29-21)18-7-9-19(28-2)10-8-18/h7-10,17H,3-6,11-16H2,1-2H3,(H,23,27). The van der Waals surface area contributed by atoms with Gasteiger partial charge in [-0.15, -0.1) is 0 Å². The third-order valence-corrected chi connectivity index (χ3v) is 5.35. The Labute approximate surface area is 172 Å². The molecule has 1 amide bonds. The van der Waals surface area contributed by atoms with Crippen molar-refractivity contribution in [3.63, 3.8) is 0 Å². The van der Waals surface area contributed by atoms with Crippen molar-refractivity contribution in [2.24, 2.45) is 5.92 Å².